The van der Waals surface area contributed by atoms with Crippen molar-refractivity contribution < 1.29 is 35.1 Å². The van der Waals surface area contributed by atoms with Crippen LogP contribution in [0.1, 0.15) is 59.6 Å². The van der Waals surface area contributed by atoms with Crippen LogP contribution in [0.25, 0.3) is 34.5 Å². The lowest BCUT2D eigenvalue weighted by molar-refractivity contribution is 0.329. The molecule has 10 rings (SSSR count). The molecule has 20 heteroatoms. The average molecular weight is 1080 g/mol. The Labute approximate surface area is 441 Å². The van der Waals surface area contributed by atoms with Gasteiger partial charge in [-0.25, -0.2) is 16.8 Å². The van der Waals surface area contributed by atoms with Crippen LogP contribution in [-0.4, -0.2) is 108 Å². The maximum absolute atomic E-state index is 13.3. The Kier molecular flexibility index (Phi) is 17.0. The third-order valence-electron chi connectivity index (χ3n) is 13.1. The van der Waals surface area contributed by atoms with Gasteiger partial charge in [-0.05, 0) is 148 Å². The molecule has 4 aromatic heterocycles. The van der Waals surface area contributed by atoms with Gasteiger partial charge in [-0.15, -0.1) is 20.4 Å². The number of likely N-dealkylation sites (tertiary alicyclic amines) is 2. The van der Waals surface area contributed by atoms with Crippen molar-refractivity contribution in [3.63, 3.8) is 0 Å². The van der Waals surface area contributed by atoms with Crippen molar-refractivity contribution in [1.82, 2.24) is 39.3 Å². The summed E-state index contributed by atoms with van der Waals surface area (Å²) in [6.45, 7) is 5.52. The Morgan fingerprint density at radius 2 is 0.905 bits per heavy atom. The molecule has 4 aromatic carbocycles. The molecule has 74 heavy (non-hydrogen) atoms. The summed E-state index contributed by atoms with van der Waals surface area (Å²) in [6.07, 6.45) is 8.55. The Balaban J connectivity index is 0.000000182. The fraction of sp³-hybridized carbons (Fsp3) is 0.333. The summed E-state index contributed by atoms with van der Waals surface area (Å²) in [6, 6.07) is 33.3. The Hall–Kier alpha value is -6.28. The standard InChI is InChI=1S/2C27H29ClN4O4S/c2*1-35-23-7-4-6-21(18-31-14-2-3-15-31)26(23)32-25(29-30-27(32)24-8-5-16-36-24)19-37(33,34)17-13-20-9-11-22(28)12-10-20/h2*4-12,16H,2-3,13-15,17-19H2,1H3. The van der Waals surface area contributed by atoms with Crippen molar-refractivity contribution in [1.29, 1.82) is 0 Å². The summed E-state index contributed by atoms with van der Waals surface area (Å²) < 4.78 is 79.5. The van der Waals surface area contributed by atoms with E-state index in [1.54, 1.807) is 84.4 Å². The number of hydrogen-bond donors (Lipinski definition) is 0. The minimum absolute atomic E-state index is 0.0237. The molecule has 0 amide bonds. The Bertz CT molecular complexity index is 3110. The summed E-state index contributed by atoms with van der Waals surface area (Å²) in [5.74, 6) is 3.13. The first-order chi connectivity index (χ1) is 35.9. The van der Waals surface area contributed by atoms with Crippen molar-refractivity contribution in [3.8, 4) is 46.0 Å². The fourth-order valence-electron chi connectivity index (χ4n) is 9.40. The molecule has 0 radical (unpaired) electrons. The molecule has 2 fully saturated rings. The molecular weight excluding hydrogens is 1020 g/mol. The largest absolute Gasteiger partial charge is 0.495 e. The molecule has 0 saturated carbocycles. The molecule has 0 spiro atoms. The fourth-order valence-corrected chi connectivity index (χ4v) is 12.2. The predicted octanol–water partition coefficient (Wildman–Crippen LogP) is 9.89. The Morgan fingerprint density at radius 3 is 1.26 bits per heavy atom. The monoisotopic (exact) mass is 1080 g/mol. The van der Waals surface area contributed by atoms with Crippen LogP contribution >= 0.6 is 23.2 Å². The maximum Gasteiger partial charge on any atom is 0.204 e. The van der Waals surface area contributed by atoms with Crippen molar-refractivity contribution in [2.24, 2.45) is 0 Å². The topological polar surface area (TPSA) is 181 Å². The number of furan rings is 2. The number of benzene rings is 4. The minimum atomic E-state index is -3.52. The third-order valence-corrected chi connectivity index (χ3v) is 16.7. The van der Waals surface area contributed by atoms with E-state index in [2.05, 4.69) is 30.2 Å². The first-order valence-electron chi connectivity index (χ1n) is 24.5. The lowest BCUT2D eigenvalue weighted by Crippen LogP contribution is -2.21. The first kappa shape index (κ1) is 52.6. The van der Waals surface area contributed by atoms with Gasteiger partial charge in [0, 0.05) is 23.1 Å². The summed E-state index contributed by atoms with van der Waals surface area (Å²) in [5, 5.41) is 18.6. The zero-order valence-corrected chi connectivity index (χ0v) is 44.4. The summed E-state index contributed by atoms with van der Waals surface area (Å²) in [5.41, 5.74) is 5.29. The molecule has 2 aliphatic rings. The normalized spacial score (nSPS) is 14.3. The lowest BCUT2D eigenvalue weighted by atomic mass is 10.1. The molecule has 0 N–H and O–H groups in total. The van der Waals surface area contributed by atoms with Gasteiger partial charge in [0.2, 0.25) is 11.6 Å². The van der Waals surface area contributed by atoms with E-state index in [9.17, 15) is 16.8 Å². The molecule has 8 aromatic rings. The molecular formula is C54H58Cl2N8O8S2. The Morgan fingerprint density at radius 1 is 0.514 bits per heavy atom. The zero-order chi connectivity index (χ0) is 51.7. The molecule has 6 heterocycles. The number of rotatable bonds is 20. The van der Waals surface area contributed by atoms with Gasteiger partial charge in [0.25, 0.3) is 0 Å². The van der Waals surface area contributed by atoms with Crippen LogP contribution in [0.5, 0.6) is 11.5 Å². The second-order valence-corrected chi connectivity index (χ2v) is 23.6. The van der Waals surface area contributed by atoms with Gasteiger partial charge in [0.15, 0.2) is 42.8 Å². The van der Waals surface area contributed by atoms with Gasteiger partial charge in [-0.1, -0.05) is 71.7 Å². The number of hydrogen-bond acceptors (Lipinski definition) is 14. The lowest BCUT2D eigenvalue weighted by Gasteiger charge is -2.21. The number of para-hydroxylation sites is 2. The third kappa shape index (κ3) is 13.0. The SMILES string of the molecule is COc1cccc(CN2CCCC2)c1-n1c(CS(=O)(=O)CCc2ccc(Cl)cc2)nnc1-c1ccco1.COc1cccc(CN2CCCC2)c1-n1c(CS(=O)(=O)CCc2ccc(Cl)cc2)nnc1-c1ccco1. The van der Waals surface area contributed by atoms with E-state index < -0.39 is 19.7 Å². The van der Waals surface area contributed by atoms with Crippen molar-refractivity contribution in [3.05, 3.63) is 166 Å². The number of halogens is 2. The molecule has 388 valence electrons. The van der Waals surface area contributed by atoms with Crippen LogP contribution in [0.3, 0.4) is 0 Å². The minimum Gasteiger partial charge on any atom is -0.495 e. The van der Waals surface area contributed by atoms with Crippen LogP contribution < -0.4 is 9.47 Å². The van der Waals surface area contributed by atoms with E-state index in [0.717, 1.165) is 59.8 Å². The highest BCUT2D eigenvalue weighted by molar-refractivity contribution is 7.90. The van der Waals surface area contributed by atoms with E-state index in [1.807, 2.05) is 60.7 Å². The van der Waals surface area contributed by atoms with Crippen LogP contribution in [0.2, 0.25) is 10.0 Å². The predicted molar refractivity (Wildman–Crippen MR) is 286 cm³/mol. The zero-order valence-electron chi connectivity index (χ0n) is 41.3. The molecule has 0 atom stereocenters. The van der Waals surface area contributed by atoms with E-state index >= 15 is 0 Å². The van der Waals surface area contributed by atoms with Gasteiger partial charge >= 0.3 is 0 Å². The second kappa shape index (κ2) is 23.9. The van der Waals surface area contributed by atoms with Crippen LogP contribution in [0.4, 0.5) is 0 Å². The highest BCUT2D eigenvalue weighted by Gasteiger charge is 2.29. The van der Waals surface area contributed by atoms with Gasteiger partial charge in [0.05, 0.1) is 49.6 Å². The molecule has 2 saturated heterocycles. The highest BCUT2D eigenvalue weighted by Crippen LogP contribution is 2.36. The van der Waals surface area contributed by atoms with Crippen LogP contribution in [-0.2, 0) is 57.1 Å². The average Bonchev–Trinajstić information content (AvgIpc) is 4.27. The summed E-state index contributed by atoms with van der Waals surface area (Å²) in [7, 11) is -3.83. The molecule has 16 nitrogen and oxygen atoms in total. The number of sulfone groups is 2. The number of nitrogens with zero attached hydrogens (tertiary/aromatic N) is 8. The second-order valence-electron chi connectivity index (χ2n) is 18.3. The van der Waals surface area contributed by atoms with Gasteiger partial charge in [-0.3, -0.25) is 18.9 Å². The van der Waals surface area contributed by atoms with Crippen LogP contribution in [0.15, 0.2) is 131 Å². The molecule has 0 aliphatic carbocycles. The quantitative estimate of drug-likeness (QED) is 0.0703. The van der Waals surface area contributed by atoms with E-state index in [4.69, 9.17) is 41.5 Å². The smallest absolute Gasteiger partial charge is 0.204 e. The highest BCUT2D eigenvalue weighted by atomic mass is 35.5. The number of methoxy groups -OCH3 is 2. The van der Waals surface area contributed by atoms with Gasteiger partial charge < -0.3 is 18.3 Å². The molecule has 0 bridgehead atoms. The number of ether oxygens (including phenoxy) is 2. The summed E-state index contributed by atoms with van der Waals surface area (Å²) in [4.78, 5) is 4.77. The van der Waals surface area contributed by atoms with Gasteiger partial charge in [-0.2, -0.15) is 0 Å². The van der Waals surface area contributed by atoms with Crippen molar-refractivity contribution >= 4 is 42.9 Å². The van der Waals surface area contributed by atoms with E-state index in [-0.39, 0.29) is 23.0 Å². The molecule has 0 unspecified atom stereocenters. The van der Waals surface area contributed by atoms with E-state index in [1.165, 1.54) is 25.7 Å². The van der Waals surface area contributed by atoms with E-state index in [0.29, 0.717) is 82.3 Å². The number of aromatic nitrogens is 6. The molecule has 2 aliphatic heterocycles. The van der Waals surface area contributed by atoms with Crippen molar-refractivity contribution in [2.75, 3.05) is 51.9 Å². The van der Waals surface area contributed by atoms with Crippen molar-refractivity contribution in [2.45, 2.75) is 63.1 Å². The first-order valence-corrected chi connectivity index (χ1v) is 28.9. The van der Waals surface area contributed by atoms with Crippen LogP contribution in [0, 0.1) is 0 Å². The number of aryl methyl sites for hydroxylation is 2. The van der Waals surface area contributed by atoms with Gasteiger partial charge in [0.1, 0.15) is 23.0 Å². The maximum atomic E-state index is 13.3. The summed E-state index contributed by atoms with van der Waals surface area (Å²) >= 11 is 11.9.